The molecule has 0 aliphatic heterocycles. The SMILES string of the molecule is NC1Cc2ccccc2/C=C\c2ccccc21. The van der Waals surface area contributed by atoms with Crippen LogP contribution >= 0.6 is 0 Å². The van der Waals surface area contributed by atoms with Crippen LogP contribution in [0.3, 0.4) is 0 Å². The summed E-state index contributed by atoms with van der Waals surface area (Å²) >= 11 is 0. The second-order valence-electron chi connectivity index (χ2n) is 4.47. The smallest absolute Gasteiger partial charge is 0.0341 e. The summed E-state index contributed by atoms with van der Waals surface area (Å²) in [5.41, 5.74) is 11.4. The maximum absolute atomic E-state index is 6.30. The minimum atomic E-state index is 0.0808. The molecule has 2 N–H and O–H groups in total. The molecule has 0 amide bonds. The molecule has 0 fully saturated rings. The maximum atomic E-state index is 6.30. The van der Waals surface area contributed by atoms with E-state index >= 15 is 0 Å². The molecule has 0 aromatic heterocycles. The normalized spacial score (nSPS) is 19.7. The molecule has 3 rings (SSSR count). The molecule has 84 valence electrons. The highest BCUT2D eigenvalue weighted by molar-refractivity contribution is 5.73. The van der Waals surface area contributed by atoms with Gasteiger partial charge in [0.1, 0.15) is 0 Å². The highest BCUT2D eigenvalue weighted by atomic mass is 14.6. The van der Waals surface area contributed by atoms with Crippen LogP contribution in [0.25, 0.3) is 12.2 Å². The van der Waals surface area contributed by atoms with Crippen molar-refractivity contribution in [2.75, 3.05) is 0 Å². The van der Waals surface area contributed by atoms with Gasteiger partial charge in [-0.3, -0.25) is 0 Å². The zero-order valence-electron chi connectivity index (χ0n) is 9.64. The molecule has 1 aliphatic carbocycles. The lowest BCUT2D eigenvalue weighted by atomic mass is 9.90. The van der Waals surface area contributed by atoms with Crippen LogP contribution in [0.5, 0.6) is 0 Å². The Kier molecular flexibility index (Phi) is 2.54. The van der Waals surface area contributed by atoms with Crippen molar-refractivity contribution in [1.29, 1.82) is 0 Å². The molecule has 1 atom stereocenters. The van der Waals surface area contributed by atoms with Gasteiger partial charge < -0.3 is 5.73 Å². The molecule has 0 saturated heterocycles. The first-order valence-electron chi connectivity index (χ1n) is 5.95. The number of hydrogen-bond donors (Lipinski definition) is 1. The first-order valence-corrected chi connectivity index (χ1v) is 5.95. The monoisotopic (exact) mass is 221 g/mol. The summed E-state index contributed by atoms with van der Waals surface area (Å²) < 4.78 is 0. The Hall–Kier alpha value is -1.86. The minimum Gasteiger partial charge on any atom is -0.324 e. The van der Waals surface area contributed by atoms with Crippen LogP contribution in [0.1, 0.15) is 28.3 Å². The van der Waals surface area contributed by atoms with E-state index in [0.717, 1.165) is 6.42 Å². The summed E-state index contributed by atoms with van der Waals surface area (Å²) in [5.74, 6) is 0. The van der Waals surface area contributed by atoms with Crippen LogP contribution in [-0.2, 0) is 6.42 Å². The zero-order valence-corrected chi connectivity index (χ0v) is 9.64. The predicted molar refractivity (Wildman–Crippen MR) is 72.4 cm³/mol. The minimum absolute atomic E-state index is 0.0808. The van der Waals surface area contributed by atoms with E-state index in [-0.39, 0.29) is 6.04 Å². The Morgan fingerprint density at radius 3 is 2.35 bits per heavy atom. The first kappa shape index (κ1) is 10.3. The van der Waals surface area contributed by atoms with Gasteiger partial charge in [-0.05, 0) is 28.7 Å². The number of nitrogens with two attached hydrogens (primary N) is 1. The fourth-order valence-corrected chi connectivity index (χ4v) is 2.41. The molecule has 2 aromatic rings. The van der Waals surface area contributed by atoms with Crippen LogP contribution in [0.15, 0.2) is 48.5 Å². The highest BCUT2D eigenvalue weighted by Gasteiger charge is 2.13. The molecular formula is C16H15N. The summed E-state index contributed by atoms with van der Waals surface area (Å²) in [6.45, 7) is 0. The summed E-state index contributed by atoms with van der Waals surface area (Å²) in [4.78, 5) is 0. The van der Waals surface area contributed by atoms with Gasteiger partial charge in [0.05, 0.1) is 0 Å². The predicted octanol–water partition coefficient (Wildman–Crippen LogP) is 3.41. The Morgan fingerprint density at radius 1 is 0.824 bits per heavy atom. The molecule has 0 radical (unpaired) electrons. The molecule has 17 heavy (non-hydrogen) atoms. The number of rotatable bonds is 0. The van der Waals surface area contributed by atoms with Crippen molar-refractivity contribution in [3.8, 4) is 0 Å². The second kappa shape index (κ2) is 4.19. The Balaban J connectivity index is 2.16. The van der Waals surface area contributed by atoms with Crippen LogP contribution < -0.4 is 5.73 Å². The summed E-state index contributed by atoms with van der Waals surface area (Å²) in [6.07, 6.45) is 5.24. The average Bonchev–Trinajstić information content (AvgIpc) is 2.36. The van der Waals surface area contributed by atoms with Crippen molar-refractivity contribution in [3.05, 3.63) is 70.8 Å². The van der Waals surface area contributed by atoms with E-state index in [0.29, 0.717) is 0 Å². The van der Waals surface area contributed by atoms with Gasteiger partial charge in [0, 0.05) is 6.04 Å². The lowest BCUT2D eigenvalue weighted by molar-refractivity contribution is 0.718. The zero-order chi connectivity index (χ0) is 11.7. The molecule has 1 nitrogen and oxygen atoms in total. The van der Waals surface area contributed by atoms with E-state index in [1.807, 2.05) is 0 Å². The van der Waals surface area contributed by atoms with Crippen molar-refractivity contribution in [2.24, 2.45) is 5.73 Å². The third kappa shape index (κ3) is 1.90. The highest BCUT2D eigenvalue weighted by Crippen LogP contribution is 2.26. The van der Waals surface area contributed by atoms with Crippen molar-refractivity contribution < 1.29 is 0 Å². The van der Waals surface area contributed by atoms with Crippen LogP contribution in [-0.4, -0.2) is 0 Å². The van der Waals surface area contributed by atoms with Crippen molar-refractivity contribution in [1.82, 2.24) is 0 Å². The lowest BCUT2D eigenvalue weighted by Gasteiger charge is -2.18. The number of fused-ring (bicyclic) bond motifs is 2. The fraction of sp³-hybridized carbons (Fsp3) is 0.125. The third-order valence-corrected chi connectivity index (χ3v) is 3.33. The van der Waals surface area contributed by atoms with Gasteiger partial charge in [-0.25, -0.2) is 0 Å². The first-order chi connectivity index (χ1) is 8.34. The average molecular weight is 221 g/mol. The van der Waals surface area contributed by atoms with E-state index in [4.69, 9.17) is 5.73 Å². The van der Waals surface area contributed by atoms with E-state index in [2.05, 4.69) is 60.7 Å². The van der Waals surface area contributed by atoms with Crippen LogP contribution in [0.4, 0.5) is 0 Å². The number of hydrogen-bond acceptors (Lipinski definition) is 1. The maximum Gasteiger partial charge on any atom is 0.0341 e. The van der Waals surface area contributed by atoms with Gasteiger partial charge >= 0.3 is 0 Å². The third-order valence-electron chi connectivity index (χ3n) is 3.33. The standard InChI is InChI=1S/C16H15N/c17-16-11-14-7-2-1-5-12(14)9-10-13-6-3-4-8-15(13)16/h1-10,16H,11,17H2/b10-9-. The summed E-state index contributed by atoms with van der Waals surface area (Å²) in [7, 11) is 0. The van der Waals surface area contributed by atoms with Crippen LogP contribution in [0.2, 0.25) is 0 Å². The molecule has 0 bridgehead atoms. The Labute approximate surface area is 102 Å². The molecular weight excluding hydrogens is 206 g/mol. The van der Waals surface area contributed by atoms with E-state index in [1.165, 1.54) is 22.3 Å². The van der Waals surface area contributed by atoms with Gasteiger partial charge in [-0.15, -0.1) is 0 Å². The summed E-state index contributed by atoms with van der Waals surface area (Å²) in [6, 6.07) is 16.9. The molecule has 1 aliphatic rings. The molecule has 1 unspecified atom stereocenters. The molecule has 0 heterocycles. The van der Waals surface area contributed by atoms with E-state index in [1.54, 1.807) is 0 Å². The topological polar surface area (TPSA) is 26.0 Å². The van der Waals surface area contributed by atoms with Gasteiger partial charge in [-0.1, -0.05) is 60.7 Å². The van der Waals surface area contributed by atoms with Crippen LogP contribution in [0, 0.1) is 0 Å². The lowest BCUT2D eigenvalue weighted by Crippen LogP contribution is -2.16. The Bertz CT molecular complexity index is 569. The number of benzene rings is 2. The van der Waals surface area contributed by atoms with Gasteiger partial charge in [0.2, 0.25) is 0 Å². The fourth-order valence-electron chi connectivity index (χ4n) is 2.41. The molecule has 0 saturated carbocycles. The van der Waals surface area contributed by atoms with E-state index in [9.17, 15) is 0 Å². The summed E-state index contributed by atoms with van der Waals surface area (Å²) in [5, 5.41) is 0. The van der Waals surface area contributed by atoms with Gasteiger partial charge in [0.15, 0.2) is 0 Å². The largest absolute Gasteiger partial charge is 0.324 e. The molecule has 0 spiro atoms. The van der Waals surface area contributed by atoms with Gasteiger partial charge in [0.25, 0.3) is 0 Å². The molecule has 1 heteroatoms. The van der Waals surface area contributed by atoms with Crippen molar-refractivity contribution >= 4 is 12.2 Å². The quantitative estimate of drug-likeness (QED) is 0.724. The van der Waals surface area contributed by atoms with Gasteiger partial charge in [-0.2, -0.15) is 0 Å². The Morgan fingerprint density at radius 2 is 1.47 bits per heavy atom. The van der Waals surface area contributed by atoms with Crippen molar-refractivity contribution in [3.63, 3.8) is 0 Å². The van der Waals surface area contributed by atoms with Crippen molar-refractivity contribution in [2.45, 2.75) is 12.5 Å². The molecule has 2 aromatic carbocycles. The van der Waals surface area contributed by atoms with E-state index < -0.39 is 0 Å². The second-order valence-corrected chi connectivity index (χ2v) is 4.47.